The first-order valence-electron chi connectivity index (χ1n) is 5.56. The fraction of sp³-hybridized carbons (Fsp3) is 0.909. The zero-order valence-corrected chi connectivity index (χ0v) is 9.23. The second kappa shape index (κ2) is 2.95. The minimum Gasteiger partial charge on any atom is -0.380 e. The van der Waals surface area contributed by atoms with Crippen molar-refractivity contribution in [3.63, 3.8) is 0 Å². The molecule has 4 nitrogen and oxygen atoms in total. The van der Waals surface area contributed by atoms with Crippen molar-refractivity contribution in [2.45, 2.75) is 12.8 Å². The zero-order valence-electron chi connectivity index (χ0n) is 9.23. The number of fused-ring (bicyclic) bond motifs is 1. The maximum Gasteiger partial charge on any atom is 0.249 e. The lowest BCUT2D eigenvalue weighted by Crippen LogP contribution is -2.42. The Morgan fingerprint density at radius 3 is 2.40 bits per heavy atom. The quantitative estimate of drug-likeness (QED) is 0.630. The van der Waals surface area contributed by atoms with Gasteiger partial charge in [-0.05, 0) is 24.7 Å². The average molecular weight is 211 g/mol. The molecule has 1 spiro atoms. The van der Waals surface area contributed by atoms with Gasteiger partial charge in [0, 0.05) is 18.4 Å². The van der Waals surface area contributed by atoms with Crippen LogP contribution in [-0.4, -0.2) is 38.3 Å². The standard InChI is InChI=1S/C11H17NO3/c1-12(14-2)10(13)9-7-3-11(4-8(7)9)5-15-6-11/h7-9H,3-6H2,1-2H3/t7-,8-/m1/s1. The van der Waals surface area contributed by atoms with Gasteiger partial charge in [0.1, 0.15) is 0 Å². The first kappa shape index (κ1) is 9.60. The fourth-order valence-corrected chi connectivity index (χ4v) is 3.38. The molecule has 2 atom stereocenters. The van der Waals surface area contributed by atoms with Crippen molar-refractivity contribution < 1.29 is 14.4 Å². The van der Waals surface area contributed by atoms with E-state index in [4.69, 9.17) is 9.57 Å². The molecule has 2 saturated carbocycles. The predicted octanol–water partition coefficient (Wildman–Crippen LogP) is 0.679. The highest BCUT2D eigenvalue weighted by Gasteiger charge is 2.66. The Morgan fingerprint density at radius 2 is 2.00 bits per heavy atom. The molecule has 3 rings (SSSR count). The van der Waals surface area contributed by atoms with Crippen LogP contribution in [0.3, 0.4) is 0 Å². The van der Waals surface area contributed by atoms with E-state index in [2.05, 4.69) is 0 Å². The van der Waals surface area contributed by atoms with E-state index in [0.29, 0.717) is 17.3 Å². The van der Waals surface area contributed by atoms with Crippen molar-refractivity contribution >= 4 is 5.91 Å². The molecule has 2 aliphatic carbocycles. The maximum atomic E-state index is 11.8. The molecule has 4 heteroatoms. The molecule has 1 saturated heterocycles. The molecule has 3 aliphatic rings. The van der Waals surface area contributed by atoms with E-state index in [9.17, 15) is 4.79 Å². The lowest BCUT2D eigenvalue weighted by atomic mass is 9.80. The number of rotatable bonds is 2. The highest BCUT2D eigenvalue weighted by Crippen LogP contribution is 2.66. The Balaban J connectivity index is 1.60. The van der Waals surface area contributed by atoms with Crippen LogP contribution in [0.5, 0.6) is 0 Å². The van der Waals surface area contributed by atoms with Crippen LogP contribution in [0.1, 0.15) is 12.8 Å². The van der Waals surface area contributed by atoms with Gasteiger partial charge >= 0.3 is 0 Å². The van der Waals surface area contributed by atoms with E-state index in [1.807, 2.05) is 0 Å². The summed E-state index contributed by atoms with van der Waals surface area (Å²) < 4.78 is 5.27. The highest BCUT2D eigenvalue weighted by molar-refractivity contribution is 5.81. The molecule has 0 aromatic carbocycles. The highest BCUT2D eigenvalue weighted by atomic mass is 16.7. The van der Waals surface area contributed by atoms with E-state index in [1.54, 1.807) is 7.05 Å². The van der Waals surface area contributed by atoms with Crippen LogP contribution in [-0.2, 0) is 14.4 Å². The molecule has 84 valence electrons. The lowest BCUT2D eigenvalue weighted by molar-refractivity contribution is -0.172. The van der Waals surface area contributed by atoms with Crippen LogP contribution in [0, 0.1) is 23.2 Å². The van der Waals surface area contributed by atoms with Crippen LogP contribution in [0.4, 0.5) is 0 Å². The Bertz CT molecular complexity index is 286. The van der Waals surface area contributed by atoms with E-state index >= 15 is 0 Å². The minimum absolute atomic E-state index is 0.155. The lowest BCUT2D eigenvalue weighted by Gasteiger charge is -2.40. The fourth-order valence-electron chi connectivity index (χ4n) is 3.38. The van der Waals surface area contributed by atoms with Gasteiger partial charge in [-0.3, -0.25) is 9.63 Å². The van der Waals surface area contributed by atoms with Crippen LogP contribution >= 0.6 is 0 Å². The Morgan fingerprint density at radius 1 is 1.40 bits per heavy atom. The summed E-state index contributed by atoms with van der Waals surface area (Å²) >= 11 is 0. The van der Waals surface area contributed by atoms with E-state index < -0.39 is 0 Å². The van der Waals surface area contributed by atoms with Crippen LogP contribution in [0.25, 0.3) is 0 Å². The smallest absolute Gasteiger partial charge is 0.249 e. The van der Waals surface area contributed by atoms with Crippen molar-refractivity contribution in [2.75, 3.05) is 27.4 Å². The van der Waals surface area contributed by atoms with Gasteiger partial charge in [-0.15, -0.1) is 0 Å². The van der Waals surface area contributed by atoms with E-state index in [0.717, 1.165) is 13.2 Å². The topological polar surface area (TPSA) is 38.8 Å². The van der Waals surface area contributed by atoms with Crippen molar-refractivity contribution in [1.82, 2.24) is 5.06 Å². The summed E-state index contributed by atoms with van der Waals surface area (Å²) in [5, 5.41) is 1.37. The number of hydrogen-bond acceptors (Lipinski definition) is 3. The first-order chi connectivity index (χ1) is 7.17. The average Bonchev–Trinajstić information content (AvgIpc) is 2.69. The summed E-state index contributed by atoms with van der Waals surface area (Å²) in [6.45, 7) is 1.84. The third-order valence-corrected chi connectivity index (χ3v) is 4.35. The molecular weight excluding hydrogens is 194 g/mol. The number of hydrogen-bond donors (Lipinski definition) is 0. The Hall–Kier alpha value is -0.610. The number of nitrogens with zero attached hydrogens (tertiary/aromatic N) is 1. The summed E-state index contributed by atoms with van der Waals surface area (Å²) in [4.78, 5) is 16.8. The zero-order chi connectivity index (χ0) is 10.6. The molecule has 0 unspecified atom stereocenters. The molecule has 0 aromatic heterocycles. The second-order valence-electron chi connectivity index (χ2n) is 5.27. The predicted molar refractivity (Wildman–Crippen MR) is 52.7 cm³/mol. The maximum absolute atomic E-state index is 11.8. The number of carbonyl (C=O) groups is 1. The summed E-state index contributed by atoms with van der Waals surface area (Å²) in [7, 11) is 3.23. The van der Waals surface area contributed by atoms with Gasteiger partial charge in [0.25, 0.3) is 0 Å². The third-order valence-electron chi connectivity index (χ3n) is 4.35. The molecule has 1 aliphatic heterocycles. The number of ether oxygens (including phenoxy) is 1. The van der Waals surface area contributed by atoms with Crippen LogP contribution < -0.4 is 0 Å². The SMILES string of the molecule is CON(C)C(=O)C1[C@@H]2CC3(COC3)C[C@@H]12. The minimum atomic E-state index is 0.155. The monoisotopic (exact) mass is 211 g/mol. The summed E-state index contributed by atoms with van der Waals surface area (Å²) in [5.74, 6) is 1.61. The van der Waals surface area contributed by atoms with Crippen molar-refractivity contribution in [1.29, 1.82) is 0 Å². The molecule has 0 N–H and O–H groups in total. The molecule has 15 heavy (non-hydrogen) atoms. The van der Waals surface area contributed by atoms with Crippen molar-refractivity contribution in [3.05, 3.63) is 0 Å². The normalized spacial score (nSPS) is 39.7. The van der Waals surface area contributed by atoms with Gasteiger partial charge in [0.2, 0.25) is 5.91 Å². The molecule has 1 amide bonds. The van der Waals surface area contributed by atoms with Gasteiger partial charge in [0.15, 0.2) is 0 Å². The second-order valence-corrected chi connectivity index (χ2v) is 5.27. The van der Waals surface area contributed by atoms with E-state index in [-0.39, 0.29) is 11.8 Å². The molecule has 0 radical (unpaired) electrons. The number of amides is 1. The van der Waals surface area contributed by atoms with Crippen LogP contribution in [0.15, 0.2) is 0 Å². The third kappa shape index (κ3) is 1.24. The molecule has 0 bridgehead atoms. The molecule has 3 fully saturated rings. The van der Waals surface area contributed by atoms with E-state index in [1.165, 1.54) is 25.0 Å². The first-order valence-corrected chi connectivity index (χ1v) is 5.56. The van der Waals surface area contributed by atoms with Gasteiger partial charge in [0.05, 0.1) is 20.3 Å². The summed E-state index contributed by atoms with van der Waals surface area (Å²) in [6, 6.07) is 0. The van der Waals surface area contributed by atoms with Crippen LogP contribution in [0.2, 0.25) is 0 Å². The molecular formula is C11H17NO3. The van der Waals surface area contributed by atoms with Gasteiger partial charge in [-0.1, -0.05) is 0 Å². The van der Waals surface area contributed by atoms with Crippen molar-refractivity contribution in [3.8, 4) is 0 Å². The van der Waals surface area contributed by atoms with Gasteiger partial charge in [-0.2, -0.15) is 0 Å². The summed E-state index contributed by atoms with van der Waals surface area (Å²) in [5.41, 5.74) is 0.456. The Labute approximate surface area is 89.5 Å². The summed E-state index contributed by atoms with van der Waals surface area (Å²) in [6.07, 6.45) is 2.37. The number of hydroxylamine groups is 2. The Kier molecular flexibility index (Phi) is 1.89. The number of carbonyl (C=O) groups excluding carboxylic acids is 1. The molecule has 1 heterocycles. The van der Waals surface area contributed by atoms with Crippen molar-refractivity contribution in [2.24, 2.45) is 23.2 Å². The molecule has 0 aromatic rings. The van der Waals surface area contributed by atoms with Gasteiger partial charge in [-0.25, -0.2) is 5.06 Å². The largest absolute Gasteiger partial charge is 0.380 e. The van der Waals surface area contributed by atoms with Gasteiger partial charge < -0.3 is 4.74 Å².